The Hall–Kier alpha value is -4.26. The van der Waals surface area contributed by atoms with Gasteiger partial charge in [-0.15, -0.1) is 0 Å². The van der Waals surface area contributed by atoms with Gasteiger partial charge in [0.05, 0.1) is 11.6 Å². The lowest BCUT2D eigenvalue weighted by Gasteiger charge is -2.27. The van der Waals surface area contributed by atoms with Gasteiger partial charge in [0.15, 0.2) is 11.5 Å². The number of hydrogen-bond acceptors (Lipinski definition) is 6. The summed E-state index contributed by atoms with van der Waals surface area (Å²) < 4.78 is 10.7. The minimum absolute atomic E-state index is 0.0366. The second-order valence-corrected chi connectivity index (χ2v) is 8.05. The Morgan fingerprint density at radius 1 is 0.970 bits per heavy atom. The number of Topliss-reactive ketones (excluding diaryl/α,β-unsaturated/α-hetero) is 1. The minimum Gasteiger partial charge on any atom is -0.508 e. The first-order chi connectivity index (χ1) is 15.9. The van der Waals surface area contributed by atoms with Crippen molar-refractivity contribution in [2.75, 3.05) is 11.7 Å². The molecule has 2 aliphatic rings. The standard InChI is InChI=1S/C26H21NO6/c1-14-4-3-5-19(15(14)2)27-23(16-6-9-18(28)10-7-16)22(25(30)26(27)31)24(29)17-8-11-20-21(12-17)33-13-32-20/h3-12,23,28-29H,13H2,1-2H3/b24-22-. The van der Waals surface area contributed by atoms with Gasteiger partial charge < -0.3 is 19.7 Å². The Kier molecular flexibility index (Phi) is 4.82. The van der Waals surface area contributed by atoms with Gasteiger partial charge in [-0.2, -0.15) is 0 Å². The summed E-state index contributed by atoms with van der Waals surface area (Å²) in [4.78, 5) is 28.0. The Balaban J connectivity index is 1.73. The van der Waals surface area contributed by atoms with Crippen LogP contribution in [-0.4, -0.2) is 28.7 Å². The number of aliphatic hydroxyl groups is 1. The molecule has 33 heavy (non-hydrogen) atoms. The predicted octanol–water partition coefficient (Wildman–Crippen LogP) is 4.36. The maximum absolute atomic E-state index is 13.3. The molecule has 7 heteroatoms. The normalized spacial score (nSPS) is 18.7. The van der Waals surface area contributed by atoms with Gasteiger partial charge >= 0.3 is 0 Å². The van der Waals surface area contributed by atoms with Crippen molar-refractivity contribution in [3.8, 4) is 17.2 Å². The quantitative estimate of drug-likeness (QED) is 0.355. The monoisotopic (exact) mass is 443 g/mol. The number of carbonyl (C=O) groups is 2. The van der Waals surface area contributed by atoms with Gasteiger partial charge in [0, 0.05) is 11.3 Å². The highest BCUT2D eigenvalue weighted by molar-refractivity contribution is 6.51. The van der Waals surface area contributed by atoms with Crippen LogP contribution in [0.15, 0.2) is 66.2 Å². The average molecular weight is 443 g/mol. The van der Waals surface area contributed by atoms with E-state index in [0.717, 1.165) is 11.1 Å². The van der Waals surface area contributed by atoms with Crippen molar-refractivity contribution in [2.45, 2.75) is 19.9 Å². The van der Waals surface area contributed by atoms with Crippen LogP contribution < -0.4 is 14.4 Å². The summed E-state index contributed by atoms with van der Waals surface area (Å²) in [5, 5.41) is 21.0. The molecule has 0 radical (unpaired) electrons. The zero-order chi connectivity index (χ0) is 23.3. The molecule has 1 amide bonds. The van der Waals surface area contributed by atoms with E-state index in [9.17, 15) is 19.8 Å². The van der Waals surface area contributed by atoms with Gasteiger partial charge in [0.2, 0.25) is 6.79 Å². The number of aromatic hydroxyl groups is 1. The fourth-order valence-electron chi connectivity index (χ4n) is 4.25. The summed E-state index contributed by atoms with van der Waals surface area (Å²) in [5.41, 5.74) is 3.28. The summed E-state index contributed by atoms with van der Waals surface area (Å²) in [6.45, 7) is 3.89. The smallest absolute Gasteiger partial charge is 0.300 e. The maximum Gasteiger partial charge on any atom is 0.300 e. The van der Waals surface area contributed by atoms with E-state index >= 15 is 0 Å². The number of anilines is 1. The lowest BCUT2D eigenvalue weighted by Crippen LogP contribution is -2.30. The number of fused-ring (bicyclic) bond motifs is 1. The Morgan fingerprint density at radius 3 is 2.45 bits per heavy atom. The minimum atomic E-state index is -0.878. The molecule has 0 aliphatic carbocycles. The number of nitrogens with zero attached hydrogens (tertiary/aromatic N) is 1. The fraction of sp³-hybridized carbons (Fsp3) is 0.154. The van der Waals surface area contributed by atoms with Crippen LogP contribution >= 0.6 is 0 Å². The Labute approximate surface area is 190 Å². The fourth-order valence-corrected chi connectivity index (χ4v) is 4.25. The van der Waals surface area contributed by atoms with E-state index < -0.39 is 17.7 Å². The van der Waals surface area contributed by atoms with E-state index in [-0.39, 0.29) is 23.9 Å². The molecule has 1 saturated heterocycles. The second kappa shape index (κ2) is 7.70. The van der Waals surface area contributed by atoms with Gasteiger partial charge in [-0.05, 0) is 66.9 Å². The van der Waals surface area contributed by atoms with Crippen molar-refractivity contribution in [1.82, 2.24) is 0 Å². The van der Waals surface area contributed by atoms with Crippen LogP contribution in [0.4, 0.5) is 5.69 Å². The summed E-state index contributed by atoms with van der Waals surface area (Å²) in [6, 6.07) is 15.7. The number of ketones is 1. The Morgan fingerprint density at radius 2 is 1.70 bits per heavy atom. The predicted molar refractivity (Wildman–Crippen MR) is 121 cm³/mol. The van der Waals surface area contributed by atoms with Crippen molar-refractivity contribution < 1.29 is 29.3 Å². The van der Waals surface area contributed by atoms with E-state index in [1.165, 1.54) is 17.0 Å². The average Bonchev–Trinajstić information content (AvgIpc) is 3.38. The molecule has 0 aromatic heterocycles. The number of ether oxygens (including phenoxy) is 2. The van der Waals surface area contributed by atoms with E-state index in [1.54, 1.807) is 36.4 Å². The molecule has 2 N–H and O–H groups in total. The summed E-state index contributed by atoms with van der Waals surface area (Å²) in [5.74, 6) is -0.787. The summed E-state index contributed by atoms with van der Waals surface area (Å²) in [6.07, 6.45) is 0. The number of phenolic OH excluding ortho intramolecular Hbond substituents is 1. The van der Waals surface area contributed by atoms with Crippen LogP contribution in [0.3, 0.4) is 0 Å². The number of phenols is 1. The summed E-state index contributed by atoms with van der Waals surface area (Å²) >= 11 is 0. The molecule has 3 aromatic rings. The molecule has 166 valence electrons. The van der Waals surface area contributed by atoms with Crippen molar-refractivity contribution in [3.05, 3.63) is 88.5 Å². The molecule has 0 saturated carbocycles. The number of carbonyl (C=O) groups excluding carboxylic acids is 2. The second-order valence-electron chi connectivity index (χ2n) is 8.05. The van der Waals surface area contributed by atoms with E-state index in [2.05, 4.69) is 0 Å². The van der Waals surface area contributed by atoms with Crippen LogP contribution in [0.2, 0.25) is 0 Å². The molecule has 1 fully saturated rings. The van der Waals surface area contributed by atoms with Crippen LogP contribution in [0.1, 0.15) is 28.3 Å². The highest BCUT2D eigenvalue weighted by Gasteiger charge is 2.47. The van der Waals surface area contributed by atoms with Crippen LogP contribution in [0.5, 0.6) is 17.2 Å². The maximum atomic E-state index is 13.3. The molecule has 1 atom stereocenters. The van der Waals surface area contributed by atoms with Crippen molar-refractivity contribution in [2.24, 2.45) is 0 Å². The van der Waals surface area contributed by atoms with E-state index in [4.69, 9.17) is 9.47 Å². The molecule has 1 unspecified atom stereocenters. The molecule has 3 aromatic carbocycles. The highest BCUT2D eigenvalue weighted by Crippen LogP contribution is 2.44. The van der Waals surface area contributed by atoms with Crippen molar-refractivity contribution in [3.63, 3.8) is 0 Å². The van der Waals surface area contributed by atoms with Crippen LogP contribution in [-0.2, 0) is 9.59 Å². The number of aliphatic hydroxyl groups excluding tert-OH is 1. The number of benzene rings is 3. The van der Waals surface area contributed by atoms with Gasteiger partial charge in [-0.3, -0.25) is 14.5 Å². The zero-order valence-corrected chi connectivity index (χ0v) is 18.0. The molecule has 0 spiro atoms. The molecular weight excluding hydrogens is 422 g/mol. The highest BCUT2D eigenvalue weighted by atomic mass is 16.7. The first-order valence-corrected chi connectivity index (χ1v) is 10.4. The molecule has 2 heterocycles. The van der Waals surface area contributed by atoms with Crippen LogP contribution in [0.25, 0.3) is 5.76 Å². The summed E-state index contributed by atoms with van der Waals surface area (Å²) in [7, 11) is 0. The third kappa shape index (κ3) is 3.29. The van der Waals surface area contributed by atoms with Gasteiger partial charge in [0.25, 0.3) is 11.7 Å². The lowest BCUT2D eigenvalue weighted by molar-refractivity contribution is -0.132. The third-order valence-corrected chi connectivity index (χ3v) is 6.13. The molecule has 7 nitrogen and oxygen atoms in total. The number of hydrogen-bond donors (Lipinski definition) is 2. The number of rotatable bonds is 3. The first-order valence-electron chi connectivity index (χ1n) is 10.4. The molecule has 0 bridgehead atoms. The molecule has 5 rings (SSSR count). The zero-order valence-electron chi connectivity index (χ0n) is 18.0. The SMILES string of the molecule is Cc1cccc(N2C(=O)C(=O)/C(=C(\O)c3ccc4c(c3)OCO4)C2c2ccc(O)cc2)c1C. The Bertz CT molecular complexity index is 1330. The van der Waals surface area contributed by atoms with Crippen LogP contribution in [0, 0.1) is 13.8 Å². The first kappa shape index (κ1) is 20.6. The van der Waals surface area contributed by atoms with Gasteiger partial charge in [0.1, 0.15) is 11.5 Å². The van der Waals surface area contributed by atoms with E-state index in [0.29, 0.717) is 28.3 Å². The molecule has 2 aliphatic heterocycles. The number of amides is 1. The van der Waals surface area contributed by atoms with Gasteiger partial charge in [-0.25, -0.2) is 0 Å². The van der Waals surface area contributed by atoms with Crippen molar-refractivity contribution >= 4 is 23.1 Å². The topological polar surface area (TPSA) is 96.3 Å². The van der Waals surface area contributed by atoms with Gasteiger partial charge in [-0.1, -0.05) is 24.3 Å². The third-order valence-electron chi connectivity index (χ3n) is 6.13. The number of aryl methyl sites for hydroxylation is 1. The molecular formula is C26H21NO6. The largest absolute Gasteiger partial charge is 0.508 e. The lowest BCUT2D eigenvalue weighted by atomic mass is 9.94. The van der Waals surface area contributed by atoms with Crippen molar-refractivity contribution in [1.29, 1.82) is 0 Å². The van der Waals surface area contributed by atoms with E-state index in [1.807, 2.05) is 26.0 Å².